The van der Waals surface area contributed by atoms with E-state index in [2.05, 4.69) is 5.32 Å². The maximum atomic E-state index is 13.1. The summed E-state index contributed by atoms with van der Waals surface area (Å²) in [6.45, 7) is 2.19. The van der Waals surface area contributed by atoms with E-state index in [9.17, 15) is 14.4 Å². The molecule has 0 radical (unpaired) electrons. The fourth-order valence-electron chi connectivity index (χ4n) is 4.10. The molecule has 30 heavy (non-hydrogen) atoms. The van der Waals surface area contributed by atoms with Crippen LogP contribution in [-0.2, 0) is 0 Å². The van der Waals surface area contributed by atoms with Gasteiger partial charge in [-0.1, -0.05) is 18.2 Å². The van der Waals surface area contributed by atoms with Crippen molar-refractivity contribution in [1.82, 2.24) is 10.2 Å². The molecule has 1 atom stereocenters. The van der Waals surface area contributed by atoms with E-state index >= 15 is 0 Å². The van der Waals surface area contributed by atoms with Gasteiger partial charge in [0, 0.05) is 48.9 Å². The van der Waals surface area contributed by atoms with Crippen molar-refractivity contribution in [2.24, 2.45) is 5.92 Å². The van der Waals surface area contributed by atoms with Crippen LogP contribution in [0.4, 0.5) is 10.5 Å². The second kappa shape index (κ2) is 8.57. The number of carbonyl (C=O) groups excluding carboxylic acids is 3. The van der Waals surface area contributed by atoms with Gasteiger partial charge in [0.2, 0.25) is 0 Å². The van der Waals surface area contributed by atoms with Crippen molar-refractivity contribution < 1.29 is 19.1 Å². The van der Waals surface area contributed by atoms with Crippen molar-refractivity contribution in [1.29, 1.82) is 0 Å². The molecule has 0 spiro atoms. The van der Waals surface area contributed by atoms with Gasteiger partial charge in [0.1, 0.15) is 5.75 Å². The maximum Gasteiger partial charge on any atom is 0.321 e. The summed E-state index contributed by atoms with van der Waals surface area (Å²) in [5.74, 6) is 0.336. The number of likely N-dealkylation sites (tertiary alicyclic amines) is 1. The topological polar surface area (TPSA) is 79.0 Å². The molecule has 0 bridgehead atoms. The Kier molecular flexibility index (Phi) is 5.70. The molecular weight excluding hydrogens is 382 g/mol. The monoisotopic (exact) mass is 407 g/mol. The van der Waals surface area contributed by atoms with E-state index in [1.807, 2.05) is 6.07 Å². The summed E-state index contributed by atoms with van der Waals surface area (Å²) in [4.78, 5) is 41.4. The molecule has 0 aromatic heterocycles. The molecule has 2 aromatic carbocycles. The Hall–Kier alpha value is -3.35. The average Bonchev–Trinajstić information content (AvgIpc) is 3.24. The van der Waals surface area contributed by atoms with E-state index in [-0.39, 0.29) is 23.6 Å². The van der Waals surface area contributed by atoms with E-state index in [4.69, 9.17) is 4.74 Å². The lowest BCUT2D eigenvalue weighted by Gasteiger charge is -2.32. The molecular formula is C23H25N3O4. The normalized spacial score (nSPS) is 18.8. The van der Waals surface area contributed by atoms with Gasteiger partial charge in [0.05, 0.1) is 7.11 Å². The van der Waals surface area contributed by atoms with Crippen molar-refractivity contribution in [3.63, 3.8) is 0 Å². The lowest BCUT2D eigenvalue weighted by molar-refractivity contribution is 0.0636. The number of nitrogens with one attached hydrogen (secondary N) is 1. The van der Waals surface area contributed by atoms with Crippen LogP contribution in [0.3, 0.4) is 0 Å². The zero-order chi connectivity index (χ0) is 21.1. The summed E-state index contributed by atoms with van der Waals surface area (Å²) in [5, 5.41) is 2.77. The number of amides is 3. The quantitative estimate of drug-likeness (QED) is 0.773. The number of hydrogen-bond acceptors (Lipinski definition) is 4. The third kappa shape index (κ3) is 4.01. The minimum Gasteiger partial charge on any atom is -0.497 e. The molecule has 2 aromatic rings. The zero-order valence-corrected chi connectivity index (χ0v) is 17.0. The Morgan fingerprint density at radius 2 is 1.87 bits per heavy atom. The Balaban J connectivity index is 1.48. The zero-order valence-electron chi connectivity index (χ0n) is 17.0. The molecule has 2 fully saturated rings. The van der Waals surface area contributed by atoms with Crippen LogP contribution in [-0.4, -0.2) is 55.9 Å². The number of carbonyl (C=O) groups is 3. The number of Topliss-reactive ketones (excluding diaryl/α,β-unsaturated/α-hetero) is 1. The number of ketones is 1. The van der Waals surface area contributed by atoms with Gasteiger partial charge in [-0.3, -0.25) is 14.5 Å². The number of benzene rings is 2. The number of urea groups is 1. The summed E-state index contributed by atoms with van der Waals surface area (Å²) in [6, 6.07) is 14.1. The van der Waals surface area contributed by atoms with Crippen molar-refractivity contribution in [3.8, 4) is 5.75 Å². The molecule has 7 heteroatoms. The van der Waals surface area contributed by atoms with E-state index < -0.39 is 0 Å². The van der Waals surface area contributed by atoms with Crippen molar-refractivity contribution in [2.75, 3.05) is 38.2 Å². The fraction of sp³-hybridized carbons (Fsp3) is 0.348. The van der Waals surface area contributed by atoms with Gasteiger partial charge in [-0.25, -0.2) is 4.79 Å². The minimum absolute atomic E-state index is 0.0360. The van der Waals surface area contributed by atoms with Crippen LogP contribution in [0.25, 0.3) is 0 Å². The lowest BCUT2D eigenvalue weighted by Crippen LogP contribution is -2.42. The molecule has 2 aliphatic rings. The fourth-order valence-corrected chi connectivity index (χ4v) is 4.10. The highest BCUT2D eigenvalue weighted by Crippen LogP contribution is 2.25. The largest absolute Gasteiger partial charge is 0.497 e. The molecule has 3 amide bonds. The molecule has 2 aliphatic heterocycles. The van der Waals surface area contributed by atoms with Crippen molar-refractivity contribution in [3.05, 3.63) is 59.7 Å². The molecule has 1 N–H and O–H groups in total. The average molecular weight is 407 g/mol. The number of rotatable bonds is 5. The Bertz CT molecular complexity index is 974. The van der Waals surface area contributed by atoms with E-state index in [0.717, 1.165) is 12.8 Å². The van der Waals surface area contributed by atoms with E-state index in [0.29, 0.717) is 48.7 Å². The first-order chi connectivity index (χ1) is 14.6. The van der Waals surface area contributed by atoms with E-state index in [1.54, 1.807) is 59.4 Å². The predicted molar refractivity (Wildman–Crippen MR) is 113 cm³/mol. The van der Waals surface area contributed by atoms with Crippen LogP contribution in [0.5, 0.6) is 5.75 Å². The summed E-state index contributed by atoms with van der Waals surface area (Å²) in [7, 11) is 1.57. The van der Waals surface area contributed by atoms with Crippen LogP contribution < -0.4 is 15.0 Å². The number of ether oxygens (including phenoxy) is 1. The summed E-state index contributed by atoms with van der Waals surface area (Å²) < 4.78 is 5.22. The van der Waals surface area contributed by atoms with Gasteiger partial charge in [0.25, 0.3) is 5.91 Å². The van der Waals surface area contributed by atoms with Gasteiger partial charge < -0.3 is 15.0 Å². The Morgan fingerprint density at radius 1 is 1.07 bits per heavy atom. The van der Waals surface area contributed by atoms with Gasteiger partial charge in [-0.05, 0) is 43.2 Å². The van der Waals surface area contributed by atoms with E-state index in [1.165, 1.54) is 0 Å². The standard InChI is InChI=1S/C23H25N3O4/c1-30-20-9-3-5-16(14-20)21(27)18-7-4-11-25(15-18)22(28)17-6-2-8-19(13-17)26-12-10-24-23(26)29/h2-3,5-6,8-9,13-14,18H,4,7,10-12,15H2,1H3,(H,24,29)/t18-/m0/s1. The SMILES string of the molecule is COc1cccc(C(=O)[C@H]2CCCN(C(=O)c3cccc(N4CCNC4=O)c3)C2)c1. The first kappa shape index (κ1) is 19.9. The van der Waals surface area contributed by atoms with Crippen LogP contribution >= 0.6 is 0 Å². The van der Waals surface area contributed by atoms with Crippen LogP contribution in [0.1, 0.15) is 33.6 Å². The van der Waals surface area contributed by atoms with Gasteiger partial charge in [-0.15, -0.1) is 0 Å². The lowest BCUT2D eigenvalue weighted by atomic mass is 9.89. The molecule has 2 heterocycles. The van der Waals surface area contributed by atoms with Crippen molar-refractivity contribution >= 4 is 23.4 Å². The predicted octanol–water partition coefficient (Wildman–Crippen LogP) is 2.96. The molecule has 0 aliphatic carbocycles. The van der Waals surface area contributed by atoms with Gasteiger partial charge in [0.15, 0.2) is 5.78 Å². The number of methoxy groups -OCH3 is 1. The van der Waals surface area contributed by atoms with Crippen molar-refractivity contribution in [2.45, 2.75) is 12.8 Å². The highest BCUT2D eigenvalue weighted by atomic mass is 16.5. The first-order valence-corrected chi connectivity index (χ1v) is 10.2. The van der Waals surface area contributed by atoms with Crippen LogP contribution in [0, 0.1) is 5.92 Å². The Morgan fingerprint density at radius 3 is 2.63 bits per heavy atom. The molecule has 7 nitrogen and oxygen atoms in total. The van der Waals surface area contributed by atoms with Crippen LogP contribution in [0.2, 0.25) is 0 Å². The summed E-state index contributed by atoms with van der Waals surface area (Å²) in [5.41, 5.74) is 1.84. The number of nitrogens with zero attached hydrogens (tertiary/aromatic N) is 2. The third-order valence-corrected chi connectivity index (χ3v) is 5.70. The van der Waals surface area contributed by atoms with Crippen LogP contribution in [0.15, 0.2) is 48.5 Å². The second-order valence-electron chi connectivity index (χ2n) is 7.62. The number of hydrogen-bond donors (Lipinski definition) is 1. The molecule has 0 saturated carbocycles. The summed E-state index contributed by atoms with van der Waals surface area (Å²) >= 11 is 0. The maximum absolute atomic E-state index is 13.1. The Labute approximate surface area is 175 Å². The molecule has 4 rings (SSSR count). The smallest absolute Gasteiger partial charge is 0.321 e. The molecule has 2 saturated heterocycles. The van der Waals surface area contributed by atoms with Gasteiger partial charge >= 0.3 is 6.03 Å². The minimum atomic E-state index is -0.234. The number of piperidine rings is 1. The molecule has 156 valence electrons. The first-order valence-electron chi connectivity index (χ1n) is 10.2. The molecule has 0 unspecified atom stereocenters. The second-order valence-corrected chi connectivity index (χ2v) is 7.62. The highest BCUT2D eigenvalue weighted by Gasteiger charge is 2.30. The highest BCUT2D eigenvalue weighted by molar-refractivity contribution is 6.00. The van der Waals surface area contributed by atoms with Gasteiger partial charge in [-0.2, -0.15) is 0 Å². The third-order valence-electron chi connectivity index (χ3n) is 5.70. The number of anilines is 1. The summed E-state index contributed by atoms with van der Waals surface area (Å²) in [6.07, 6.45) is 1.54.